The van der Waals surface area contributed by atoms with Crippen LogP contribution in [-0.4, -0.2) is 58.1 Å². The maximum absolute atomic E-state index is 4.49. The average molecular weight is 300 g/mol. The third-order valence-corrected chi connectivity index (χ3v) is 3.49. The van der Waals surface area contributed by atoms with Crippen LogP contribution in [0.2, 0.25) is 0 Å². The van der Waals surface area contributed by atoms with E-state index in [0.717, 1.165) is 55.4 Å². The van der Waals surface area contributed by atoms with Crippen LogP contribution in [0.3, 0.4) is 0 Å². The fourth-order valence-electron chi connectivity index (χ4n) is 1.87. The lowest BCUT2D eigenvalue weighted by molar-refractivity contribution is 0.272. The Kier molecular flexibility index (Phi) is 4.28. The van der Waals surface area contributed by atoms with E-state index in [2.05, 4.69) is 40.9 Å². The Bertz CT molecular complexity index is 376. The molecule has 0 unspecified atom stereocenters. The quantitative estimate of drug-likeness (QED) is 0.780. The van der Waals surface area contributed by atoms with Gasteiger partial charge in [-0.2, -0.15) is 5.10 Å². The van der Waals surface area contributed by atoms with Crippen molar-refractivity contribution in [3.05, 3.63) is 11.4 Å². The molecule has 5 nitrogen and oxygen atoms in total. The molecule has 1 aromatic heterocycles. The van der Waals surface area contributed by atoms with Crippen molar-refractivity contribution in [2.75, 3.05) is 43.0 Å². The second kappa shape index (κ2) is 5.73. The molecule has 2 rings (SSSR count). The highest BCUT2D eigenvalue weighted by Crippen LogP contribution is 2.11. The first-order valence-electron chi connectivity index (χ1n) is 5.92. The number of rotatable bonds is 3. The van der Waals surface area contributed by atoms with Gasteiger partial charge in [-0.15, -0.1) is 5.10 Å². The second-order valence-corrected chi connectivity index (χ2v) is 5.09. The summed E-state index contributed by atoms with van der Waals surface area (Å²) >= 11 is 3.47. The van der Waals surface area contributed by atoms with Gasteiger partial charge in [0, 0.05) is 38.1 Å². The molecule has 1 saturated heterocycles. The number of aryl methyl sites for hydroxylation is 2. The van der Waals surface area contributed by atoms with Crippen molar-refractivity contribution in [2.24, 2.45) is 0 Å². The Labute approximate surface area is 110 Å². The van der Waals surface area contributed by atoms with Crippen molar-refractivity contribution in [3.63, 3.8) is 0 Å². The summed E-state index contributed by atoms with van der Waals surface area (Å²) in [4.78, 5) is 9.15. The molecule has 6 heteroatoms. The topological polar surface area (TPSA) is 45.2 Å². The number of nitrogens with zero attached hydrogens (tertiary/aromatic N) is 5. The van der Waals surface area contributed by atoms with Gasteiger partial charge in [-0.3, -0.25) is 4.90 Å². The minimum Gasteiger partial charge on any atom is -0.337 e. The summed E-state index contributed by atoms with van der Waals surface area (Å²) in [5.74, 6) is 0.770. The number of aromatic nitrogens is 3. The Hall–Kier alpha value is -0.750. The molecule has 0 radical (unpaired) electrons. The van der Waals surface area contributed by atoms with Gasteiger partial charge in [0.05, 0.1) is 11.4 Å². The van der Waals surface area contributed by atoms with Crippen LogP contribution in [0.25, 0.3) is 0 Å². The first-order valence-corrected chi connectivity index (χ1v) is 7.04. The number of piperazine rings is 1. The van der Waals surface area contributed by atoms with Crippen molar-refractivity contribution < 1.29 is 0 Å². The predicted molar refractivity (Wildman–Crippen MR) is 71.7 cm³/mol. The molecule has 0 aliphatic carbocycles. The van der Waals surface area contributed by atoms with Gasteiger partial charge in [0.2, 0.25) is 5.95 Å². The van der Waals surface area contributed by atoms with E-state index in [1.165, 1.54) is 0 Å². The van der Waals surface area contributed by atoms with E-state index in [0.29, 0.717) is 0 Å². The fourth-order valence-corrected chi connectivity index (χ4v) is 2.37. The largest absolute Gasteiger partial charge is 0.337 e. The number of anilines is 1. The molecule has 94 valence electrons. The molecule has 1 aromatic rings. The van der Waals surface area contributed by atoms with E-state index in [9.17, 15) is 0 Å². The highest BCUT2D eigenvalue weighted by Gasteiger charge is 2.18. The molecule has 17 heavy (non-hydrogen) atoms. The molecule has 1 fully saturated rings. The summed E-state index contributed by atoms with van der Waals surface area (Å²) in [6, 6.07) is 0. The van der Waals surface area contributed by atoms with Crippen LogP contribution in [0.4, 0.5) is 5.95 Å². The van der Waals surface area contributed by atoms with E-state index in [4.69, 9.17) is 0 Å². The van der Waals surface area contributed by atoms with E-state index in [1.807, 2.05) is 13.8 Å². The summed E-state index contributed by atoms with van der Waals surface area (Å²) in [7, 11) is 0. The number of halogens is 1. The van der Waals surface area contributed by atoms with Gasteiger partial charge in [-0.05, 0) is 13.8 Å². The van der Waals surface area contributed by atoms with Crippen molar-refractivity contribution in [1.29, 1.82) is 0 Å². The van der Waals surface area contributed by atoms with Crippen LogP contribution in [0.15, 0.2) is 0 Å². The zero-order valence-electron chi connectivity index (χ0n) is 10.4. The maximum atomic E-state index is 4.49. The number of alkyl halides is 1. The van der Waals surface area contributed by atoms with E-state index >= 15 is 0 Å². The van der Waals surface area contributed by atoms with Crippen LogP contribution in [0.5, 0.6) is 0 Å². The minimum absolute atomic E-state index is 0.770. The van der Waals surface area contributed by atoms with Gasteiger partial charge >= 0.3 is 0 Å². The molecule has 1 aliphatic heterocycles. The first kappa shape index (κ1) is 12.7. The molecule has 0 saturated carbocycles. The van der Waals surface area contributed by atoms with E-state index in [1.54, 1.807) is 0 Å². The van der Waals surface area contributed by atoms with Crippen molar-refractivity contribution in [1.82, 2.24) is 20.1 Å². The zero-order valence-corrected chi connectivity index (χ0v) is 11.9. The Morgan fingerprint density at radius 2 is 1.76 bits per heavy atom. The van der Waals surface area contributed by atoms with Gasteiger partial charge < -0.3 is 4.90 Å². The SMILES string of the molecule is Cc1nnc(N2CCN(CCBr)CC2)nc1C. The molecule has 0 bridgehead atoms. The van der Waals surface area contributed by atoms with Crippen LogP contribution >= 0.6 is 15.9 Å². The molecule has 1 aliphatic rings. The Morgan fingerprint density at radius 1 is 1.06 bits per heavy atom. The summed E-state index contributed by atoms with van der Waals surface area (Å²) < 4.78 is 0. The minimum atomic E-state index is 0.770. The van der Waals surface area contributed by atoms with Crippen LogP contribution < -0.4 is 4.90 Å². The van der Waals surface area contributed by atoms with Gasteiger partial charge in [0.25, 0.3) is 0 Å². The van der Waals surface area contributed by atoms with Gasteiger partial charge in [0.1, 0.15) is 0 Å². The molecule has 0 amide bonds. The third-order valence-electron chi connectivity index (χ3n) is 3.14. The molecule has 0 atom stereocenters. The monoisotopic (exact) mass is 299 g/mol. The molecule has 2 heterocycles. The Morgan fingerprint density at radius 3 is 2.35 bits per heavy atom. The van der Waals surface area contributed by atoms with Gasteiger partial charge in [-0.25, -0.2) is 4.98 Å². The zero-order chi connectivity index (χ0) is 12.3. The molecular weight excluding hydrogens is 282 g/mol. The highest BCUT2D eigenvalue weighted by molar-refractivity contribution is 9.09. The fraction of sp³-hybridized carbons (Fsp3) is 0.727. The van der Waals surface area contributed by atoms with Crippen molar-refractivity contribution in [2.45, 2.75) is 13.8 Å². The van der Waals surface area contributed by atoms with E-state index in [-0.39, 0.29) is 0 Å². The lowest BCUT2D eigenvalue weighted by Crippen LogP contribution is -2.47. The summed E-state index contributed by atoms with van der Waals surface area (Å²) in [6.45, 7) is 9.14. The standard InChI is InChI=1S/C11H18BrN5/c1-9-10(2)14-15-11(13-9)17-7-5-16(4-3-12)6-8-17/h3-8H2,1-2H3. The van der Waals surface area contributed by atoms with Crippen molar-refractivity contribution >= 4 is 21.9 Å². The summed E-state index contributed by atoms with van der Waals surface area (Å²) in [5.41, 5.74) is 1.88. The predicted octanol–water partition coefficient (Wildman–Crippen LogP) is 1.01. The lowest BCUT2D eigenvalue weighted by atomic mass is 10.3. The Balaban J connectivity index is 1.98. The average Bonchev–Trinajstić information content (AvgIpc) is 2.34. The highest BCUT2D eigenvalue weighted by atomic mass is 79.9. The smallest absolute Gasteiger partial charge is 0.245 e. The van der Waals surface area contributed by atoms with Crippen LogP contribution in [0, 0.1) is 13.8 Å². The lowest BCUT2D eigenvalue weighted by Gasteiger charge is -2.34. The number of hydrogen-bond acceptors (Lipinski definition) is 5. The summed E-state index contributed by atoms with van der Waals surface area (Å²) in [6.07, 6.45) is 0. The van der Waals surface area contributed by atoms with Crippen LogP contribution in [0.1, 0.15) is 11.4 Å². The van der Waals surface area contributed by atoms with Gasteiger partial charge in [-0.1, -0.05) is 15.9 Å². The first-order chi connectivity index (χ1) is 8.20. The molecule has 0 spiro atoms. The van der Waals surface area contributed by atoms with E-state index < -0.39 is 0 Å². The molecular formula is C11H18BrN5. The number of hydrogen-bond donors (Lipinski definition) is 0. The maximum Gasteiger partial charge on any atom is 0.245 e. The second-order valence-electron chi connectivity index (χ2n) is 4.30. The third kappa shape index (κ3) is 3.13. The van der Waals surface area contributed by atoms with Gasteiger partial charge in [0.15, 0.2) is 0 Å². The molecule has 0 aromatic carbocycles. The molecule has 0 N–H and O–H groups in total. The summed E-state index contributed by atoms with van der Waals surface area (Å²) in [5, 5.41) is 9.34. The van der Waals surface area contributed by atoms with Crippen LogP contribution in [-0.2, 0) is 0 Å². The normalized spacial score (nSPS) is 17.5. The van der Waals surface area contributed by atoms with Crippen molar-refractivity contribution in [3.8, 4) is 0 Å².